The molecule has 9 nitrogen and oxygen atoms in total. The molecule has 0 radical (unpaired) electrons. The average molecular weight is 372 g/mol. The number of thioether (sulfide) groups is 1. The summed E-state index contributed by atoms with van der Waals surface area (Å²) in [6.07, 6.45) is 6.24. The second-order valence-corrected chi connectivity index (χ2v) is 6.62. The molecule has 3 aliphatic rings. The van der Waals surface area contributed by atoms with E-state index < -0.39 is 4.90 Å². The topological polar surface area (TPSA) is 118 Å². The Morgan fingerprint density at radius 3 is 2.73 bits per heavy atom. The number of rotatable bonds is 2. The molecule has 2 aliphatic heterocycles. The number of nitrogens with one attached hydrogen (secondary N) is 2. The number of phenolic OH excluding ortho intramolecular Hbond substituents is 1. The molecule has 0 bridgehead atoms. The largest absolute Gasteiger partial charge is 0.612 e. The van der Waals surface area contributed by atoms with Crippen LogP contribution in [0.5, 0.6) is 11.5 Å². The van der Waals surface area contributed by atoms with E-state index in [9.17, 15) is 15.5 Å². The summed E-state index contributed by atoms with van der Waals surface area (Å²) in [6.45, 7) is 0. The number of methoxy groups -OCH3 is 1. The van der Waals surface area contributed by atoms with E-state index in [2.05, 4.69) is 16.0 Å². The number of hydrogen-bond acceptors (Lipinski definition) is 9. The maximum atomic E-state index is 10.8. The molecule has 4 rings (SSSR count). The van der Waals surface area contributed by atoms with Crippen molar-refractivity contribution in [3.63, 3.8) is 0 Å². The van der Waals surface area contributed by atoms with Crippen LogP contribution in [0.1, 0.15) is 10.9 Å². The van der Waals surface area contributed by atoms with Crippen LogP contribution in [0.3, 0.4) is 0 Å². The van der Waals surface area contributed by atoms with Crippen LogP contribution < -0.4 is 15.6 Å². The van der Waals surface area contributed by atoms with E-state index in [4.69, 9.17) is 4.74 Å². The van der Waals surface area contributed by atoms with Gasteiger partial charge in [0.15, 0.2) is 17.3 Å². The molecule has 0 saturated carbocycles. The molecule has 0 spiro atoms. The number of phenols is 1. The second-order valence-electron chi connectivity index (χ2n) is 5.55. The summed E-state index contributed by atoms with van der Waals surface area (Å²) >= 11 is 1.50. The highest BCUT2D eigenvalue weighted by Gasteiger charge is 2.36. The van der Waals surface area contributed by atoms with E-state index in [0.29, 0.717) is 11.6 Å². The van der Waals surface area contributed by atoms with E-state index in [1.165, 1.54) is 31.0 Å². The van der Waals surface area contributed by atoms with Crippen molar-refractivity contribution in [2.24, 2.45) is 5.10 Å². The molecule has 1 atom stereocenters. The molecule has 0 aromatic heterocycles. The Hall–Kier alpha value is -3.11. The molecule has 10 heteroatoms. The van der Waals surface area contributed by atoms with Gasteiger partial charge in [-0.15, -0.1) is 5.10 Å². The lowest BCUT2D eigenvalue weighted by atomic mass is 10.1. The molecule has 1 saturated heterocycles. The van der Waals surface area contributed by atoms with Gasteiger partial charge < -0.3 is 20.3 Å². The van der Waals surface area contributed by atoms with Gasteiger partial charge in [-0.3, -0.25) is 5.43 Å². The highest BCUT2D eigenvalue weighted by Crippen LogP contribution is 2.40. The van der Waals surface area contributed by atoms with Gasteiger partial charge in [0.25, 0.3) is 0 Å². The molecule has 2 heterocycles. The lowest BCUT2D eigenvalue weighted by molar-refractivity contribution is -0.377. The fraction of sp³-hybridized carbons (Fsp3) is 0.125. The Kier molecular flexibility index (Phi) is 3.98. The van der Waals surface area contributed by atoms with Crippen LogP contribution in [0.2, 0.25) is 0 Å². The number of ether oxygens (including phenoxy) is 1. The lowest BCUT2D eigenvalue weighted by Gasteiger charge is -2.19. The number of allylic oxidation sites excluding steroid dienone is 5. The first kappa shape index (κ1) is 16.4. The predicted octanol–water partition coefficient (Wildman–Crippen LogP) is 1.61. The quantitative estimate of drug-likeness (QED) is 0.529. The van der Waals surface area contributed by atoms with E-state index in [-0.39, 0.29) is 16.8 Å². The molecule has 3 N–H and O–H groups in total. The predicted molar refractivity (Wildman–Crippen MR) is 97.8 cm³/mol. The first-order chi connectivity index (χ1) is 12.6. The van der Waals surface area contributed by atoms with Crippen LogP contribution in [-0.4, -0.2) is 33.0 Å². The van der Waals surface area contributed by atoms with Gasteiger partial charge in [-0.1, -0.05) is 17.8 Å². The summed E-state index contributed by atoms with van der Waals surface area (Å²) < 4.78 is 5.16. The molecular weight excluding hydrogens is 358 g/mol. The smallest absolute Gasteiger partial charge is 0.222 e. The Labute approximate surface area is 152 Å². The Balaban J connectivity index is 1.58. The van der Waals surface area contributed by atoms with Gasteiger partial charge in [-0.05, 0) is 29.8 Å². The normalized spacial score (nSPS) is 21.0. The summed E-state index contributed by atoms with van der Waals surface area (Å²) in [6, 6.07) is 5.16. The maximum absolute atomic E-state index is 10.8. The molecular formula is C16H14N5O4S-. The van der Waals surface area contributed by atoms with Crippen molar-refractivity contribution in [1.29, 1.82) is 0 Å². The third-order valence-electron chi connectivity index (χ3n) is 4.00. The first-order valence-corrected chi connectivity index (χ1v) is 8.50. The van der Waals surface area contributed by atoms with Gasteiger partial charge in [0.05, 0.1) is 7.11 Å². The molecule has 1 aromatic carbocycles. The minimum Gasteiger partial charge on any atom is -0.612 e. The number of aromatic hydroxyl groups is 1. The zero-order valence-electron chi connectivity index (χ0n) is 13.5. The summed E-state index contributed by atoms with van der Waals surface area (Å²) in [5.41, 5.74) is 7.99. The van der Waals surface area contributed by atoms with Crippen LogP contribution >= 0.6 is 11.8 Å². The molecule has 1 unspecified atom stereocenters. The van der Waals surface area contributed by atoms with Crippen molar-refractivity contribution in [2.45, 2.75) is 5.37 Å². The van der Waals surface area contributed by atoms with Crippen LogP contribution in [0.15, 0.2) is 59.0 Å². The highest BCUT2D eigenvalue weighted by molar-refractivity contribution is 8.14. The van der Waals surface area contributed by atoms with Crippen molar-refractivity contribution in [3.8, 4) is 11.5 Å². The van der Waals surface area contributed by atoms with Gasteiger partial charge >= 0.3 is 0 Å². The number of hydrogen-bond donors (Lipinski definition) is 3. The van der Waals surface area contributed by atoms with E-state index in [0.717, 1.165) is 16.3 Å². The highest BCUT2D eigenvalue weighted by atomic mass is 32.2. The van der Waals surface area contributed by atoms with Crippen molar-refractivity contribution in [1.82, 2.24) is 15.9 Å². The van der Waals surface area contributed by atoms with Crippen LogP contribution in [-0.2, 0) is 0 Å². The summed E-state index contributed by atoms with van der Waals surface area (Å²) in [4.78, 5) is -0.434. The molecule has 134 valence electrons. The van der Waals surface area contributed by atoms with E-state index in [1.807, 2.05) is 6.07 Å². The van der Waals surface area contributed by atoms with Crippen molar-refractivity contribution >= 4 is 22.6 Å². The second kappa shape index (κ2) is 6.32. The van der Waals surface area contributed by atoms with Gasteiger partial charge in [0.1, 0.15) is 5.37 Å². The summed E-state index contributed by atoms with van der Waals surface area (Å²) in [7, 11) is 1.50. The van der Waals surface area contributed by atoms with Crippen LogP contribution in [0.25, 0.3) is 0 Å². The van der Waals surface area contributed by atoms with Gasteiger partial charge in [0.2, 0.25) is 10.9 Å². The third kappa shape index (κ3) is 2.74. The average Bonchev–Trinajstić information content (AvgIpc) is 3.23. The van der Waals surface area contributed by atoms with Gasteiger partial charge in [0, 0.05) is 17.7 Å². The number of fused-ring (bicyclic) bond motifs is 1. The van der Waals surface area contributed by atoms with Gasteiger partial charge in [-0.2, -0.15) is 4.90 Å². The third-order valence-corrected chi connectivity index (χ3v) is 5.10. The first-order valence-electron chi connectivity index (χ1n) is 7.62. The SMILES string of the molecule is COc1cc(C2NN3C(=NNC3=C3C=CC(=[N+]([O-])[O-])C=C3)S2)ccc1O. The van der Waals surface area contributed by atoms with Crippen molar-refractivity contribution < 1.29 is 14.7 Å². The molecule has 1 fully saturated rings. The Morgan fingerprint density at radius 2 is 2.04 bits per heavy atom. The fourth-order valence-corrected chi connectivity index (χ4v) is 3.68. The van der Waals surface area contributed by atoms with E-state index in [1.54, 1.807) is 29.3 Å². The Bertz CT molecular complexity index is 899. The minimum absolute atomic E-state index is 0.0336. The molecule has 1 aliphatic carbocycles. The monoisotopic (exact) mass is 372 g/mol. The fourth-order valence-electron chi connectivity index (χ4n) is 2.68. The maximum Gasteiger partial charge on any atom is 0.222 e. The lowest BCUT2D eigenvalue weighted by Crippen LogP contribution is -2.34. The van der Waals surface area contributed by atoms with E-state index >= 15 is 0 Å². The number of benzene rings is 1. The van der Waals surface area contributed by atoms with Crippen LogP contribution in [0, 0.1) is 10.4 Å². The minimum atomic E-state index is -0.434. The summed E-state index contributed by atoms with van der Waals surface area (Å²) in [5.74, 6) is 1.17. The van der Waals surface area contributed by atoms with Crippen molar-refractivity contribution in [2.75, 3.05) is 7.11 Å². The van der Waals surface area contributed by atoms with Crippen LogP contribution in [0.4, 0.5) is 0 Å². The standard InChI is InChI=1S/C16H14N5O4S/c1-25-13-8-10(4-7-12(13)22)15-19-20-14(17-18-16(20)26-15)9-2-5-11(6-3-9)21(23)24/h2-8,15,17,19H,1H3,(H-,22,23,24)/q-1. The molecule has 0 amide bonds. The van der Waals surface area contributed by atoms with Gasteiger partial charge in [-0.25, -0.2) is 10.4 Å². The molecule has 26 heavy (non-hydrogen) atoms. The molecule has 1 aromatic rings. The zero-order valence-corrected chi connectivity index (χ0v) is 14.4. The number of amidine groups is 1. The number of hydrazone groups is 1. The van der Waals surface area contributed by atoms with Crippen molar-refractivity contribution in [3.05, 3.63) is 69.9 Å². The summed E-state index contributed by atoms with van der Waals surface area (Å²) in [5, 5.41) is 38.1. The number of hydrazine groups is 1. The number of nitrogens with zero attached hydrogens (tertiary/aromatic N) is 3. The zero-order chi connectivity index (χ0) is 18.3. The Morgan fingerprint density at radius 1 is 1.27 bits per heavy atom.